The van der Waals surface area contributed by atoms with Crippen LogP contribution in [0.15, 0.2) is 72.8 Å². The van der Waals surface area contributed by atoms with Gasteiger partial charge in [0.1, 0.15) is 5.69 Å². The fourth-order valence-corrected chi connectivity index (χ4v) is 3.78. The van der Waals surface area contributed by atoms with Gasteiger partial charge in [-0.25, -0.2) is 4.98 Å². The summed E-state index contributed by atoms with van der Waals surface area (Å²) in [5.74, 6) is 0.269. The highest BCUT2D eigenvalue weighted by Crippen LogP contribution is 2.37. The number of rotatable bonds is 7. The first-order valence-electron chi connectivity index (χ1n) is 10.0. The lowest BCUT2D eigenvalue weighted by atomic mass is 9.97. The number of benzene rings is 2. The third-order valence-electron chi connectivity index (χ3n) is 5.29. The number of aliphatic hydroxyl groups is 1. The number of nitrogens with zero attached hydrogens (tertiary/aromatic N) is 1. The van der Waals surface area contributed by atoms with Crippen molar-refractivity contribution in [2.24, 2.45) is 0 Å². The van der Waals surface area contributed by atoms with E-state index in [-0.39, 0.29) is 19.1 Å². The number of methoxy groups -OCH3 is 1. The molecule has 0 spiro atoms. The van der Waals surface area contributed by atoms with E-state index in [2.05, 4.69) is 11.9 Å². The minimum atomic E-state index is -0.277. The molecular weight excluding hydrogens is 388 g/mol. The van der Waals surface area contributed by atoms with E-state index < -0.39 is 0 Å². The van der Waals surface area contributed by atoms with E-state index in [9.17, 15) is 4.79 Å². The summed E-state index contributed by atoms with van der Waals surface area (Å²) in [4.78, 5) is 17.9. The number of nitrogens with one attached hydrogen (secondary N) is 1. The predicted molar refractivity (Wildman–Crippen MR) is 124 cm³/mol. The Balaban J connectivity index is 1.87. The first kappa shape index (κ1) is 20.7. The maximum atomic E-state index is 13.0. The zero-order chi connectivity index (χ0) is 22.0. The molecule has 1 aliphatic rings. The lowest BCUT2D eigenvalue weighted by Gasteiger charge is -2.16. The normalized spacial score (nSPS) is 13.0. The zero-order valence-corrected chi connectivity index (χ0v) is 17.6. The van der Waals surface area contributed by atoms with Gasteiger partial charge in [-0.1, -0.05) is 54.6 Å². The molecule has 0 radical (unpaired) electrons. The quantitative estimate of drug-likeness (QED) is 0.443. The molecule has 1 aliphatic carbocycles. The van der Waals surface area contributed by atoms with E-state index in [0.717, 1.165) is 38.7 Å². The average Bonchev–Trinajstić information content (AvgIpc) is 3.22. The molecule has 0 bridgehead atoms. The topological polar surface area (TPSA) is 71.5 Å². The van der Waals surface area contributed by atoms with Crippen LogP contribution in [-0.2, 0) is 0 Å². The van der Waals surface area contributed by atoms with Crippen molar-refractivity contribution in [3.63, 3.8) is 0 Å². The molecule has 0 saturated carbocycles. The van der Waals surface area contributed by atoms with E-state index >= 15 is 0 Å². The molecule has 156 valence electrons. The lowest BCUT2D eigenvalue weighted by Crippen LogP contribution is -2.24. The number of ketones is 1. The number of Topliss-reactive ketones (excluding diaryl/α,β-unsaturated/α-hetero) is 1. The number of pyridine rings is 1. The van der Waals surface area contributed by atoms with Crippen LogP contribution < -0.4 is 10.1 Å². The van der Waals surface area contributed by atoms with Gasteiger partial charge in [-0.2, -0.15) is 0 Å². The van der Waals surface area contributed by atoms with Crippen LogP contribution in [0.25, 0.3) is 27.7 Å². The maximum Gasteiger partial charge on any atom is 0.181 e. The number of hydrogen-bond acceptors (Lipinski definition) is 5. The Morgan fingerprint density at radius 2 is 1.87 bits per heavy atom. The van der Waals surface area contributed by atoms with Crippen molar-refractivity contribution in [3.8, 4) is 17.0 Å². The van der Waals surface area contributed by atoms with E-state index in [1.807, 2.05) is 67.6 Å². The highest BCUT2D eigenvalue weighted by Gasteiger charge is 2.22. The zero-order valence-electron chi connectivity index (χ0n) is 17.6. The summed E-state index contributed by atoms with van der Waals surface area (Å²) in [6.07, 6.45) is 6.06. The number of fused-ring (bicyclic) bond motifs is 1. The summed E-state index contributed by atoms with van der Waals surface area (Å²) in [5.41, 5.74) is 6.84. The van der Waals surface area contributed by atoms with Crippen molar-refractivity contribution in [2.75, 3.05) is 20.4 Å². The molecule has 1 aromatic heterocycles. The molecule has 0 saturated heterocycles. The van der Waals surface area contributed by atoms with E-state index in [1.54, 1.807) is 7.11 Å². The molecule has 0 aliphatic heterocycles. The Kier molecular flexibility index (Phi) is 5.80. The molecule has 2 aromatic carbocycles. The lowest BCUT2D eigenvalue weighted by molar-refractivity contribution is 0.0977. The summed E-state index contributed by atoms with van der Waals surface area (Å²) in [6, 6.07) is 13.8. The van der Waals surface area contributed by atoms with Gasteiger partial charge in [0, 0.05) is 10.9 Å². The number of ether oxygens (including phenoxy) is 1. The van der Waals surface area contributed by atoms with Crippen molar-refractivity contribution in [1.29, 1.82) is 0 Å². The summed E-state index contributed by atoms with van der Waals surface area (Å²) < 4.78 is 5.72. The van der Waals surface area contributed by atoms with Gasteiger partial charge in [-0.3, -0.25) is 10.1 Å². The van der Waals surface area contributed by atoms with E-state index in [0.29, 0.717) is 17.0 Å². The third-order valence-corrected chi connectivity index (χ3v) is 5.29. The Morgan fingerprint density at radius 1 is 1.13 bits per heavy atom. The monoisotopic (exact) mass is 412 g/mol. The fraction of sp³-hybridized carbons (Fsp3) is 0.154. The number of hydrogen-bond donors (Lipinski definition) is 2. The number of allylic oxidation sites excluding steroid dienone is 5. The van der Waals surface area contributed by atoms with Crippen LogP contribution in [0.1, 0.15) is 21.5 Å². The minimum absolute atomic E-state index is 0.00265. The highest BCUT2D eigenvalue weighted by molar-refractivity contribution is 6.12. The van der Waals surface area contributed by atoms with Gasteiger partial charge in [0.25, 0.3) is 0 Å². The molecule has 31 heavy (non-hydrogen) atoms. The van der Waals surface area contributed by atoms with Crippen molar-refractivity contribution >= 4 is 22.3 Å². The number of aryl methyl sites for hydroxylation is 1. The summed E-state index contributed by atoms with van der Waals surface area (Å²) in [7, 11) is 1.55. The number of carbonyl (C=O) groups is 1. The van der Waals surface area contributed by atoms with Crippen molar-refractivity contribution in [3.05, 3.63) is 89.5 Å². The SMILES string of the molecule is C=C1C=CC(c2ccc(-c3nc4ccc(C)cc4c(C(=O)CNCO)c3OC)cc2)=C1. The largest absolute Gasteiger partial charge is 0.494 e. The molecule has 1 heterocycles. The van der Waals surface area contributed by atoms with Crippen LogP contribution in [0.4, 0.5) is 0 Å². The van der Waals surface area contributed by atoms with E-state index in [1.165, 1.54) is 0 Å². The Labute approximate surface area is 181 Å². The van der Waals surface area contributed by atoms with Gasteiger partial charge in [-0.15, -0.1) is 0 Å². The van der Waals surface area contributed by atoms with Crippen LogP contribution in [0.5, 0.6) is 5.75 Å². The Bertz CT molecular complexity index is 1240. The van der Waals surface area contributed by atoms with E-state index in [4.69, 9.17) is 14.8 Å². The molecule has 5 nitrogen and oxygen atoms in total. The first-order chi connectivity index (χ1) is 15.0. The van der Waals surface area contributed by atoms with Crippen LogP contribution in [0.3, 0.4) is 0 Å². The Hall–Kier alpha value is -3.54. The average molecular weight is 412 g/mol. The van der Waals surface area contributed by atoms with Gasteiger partial charge in [0.05, 0.1) is 31.5 Å². The van der Waals surface area contributed by atoms with Crippen LogP contribution in [0, 0.1) is 6.92 Å². The third kappa shape index (κ3) is 4.06. The second-order valence-electron chi connectivity index (χ2n) is 7.48. The predicted octanol–water partition coefficient (Wildman–Crippen LogP) is 4.45. The molecule has 5 heteroatoms. The molecule has 0 fully saturated rings. The smallest absolute Gasteiger partial charge is 0.181 e. The molecular formula is C26H24N2O3. The maximum absolute atomic E-state index is 13.0. The minimum Gasteiger partial charge on any atom is -0.494 e. The molecule has 2 N–H and O–H groups in total. The first-order valence-corrected chi connectivity index (χ1v) is 10.0. The fourth-order valence-electron chi connectivity index (χ4n) is 3.78. The van der Waals surface area contributed by atoms with Crippen molar-refractivity contribution < 1.29 is 14.6 Å². The number of aliphatic hydroxyl groups excluding tert-OH is 1. The van der Waals surface area contributed by atoms with Crippen LogP contribution in [0.2, 0.25) is 0 Å². The van der Waals surface area contributed by atoms with Gasteiger partial charge in [0.15, 0.2) is 11.5 Å². The molecule has 3 aromatic rings. The Morgan fingerprint density at radius 3 is 2.52 bits per heavy atom. The van der Waals surface area contributed by atoms with Gasteiger partial charge >= 0.3 is 0 Å². The summed E-state index contributed by atoms with van der Waals surface area (Å²) >= 11 is 0. The van der Waals surface area contributed by atoms with Gasteiger partial charge < -0.3 is 9.84 Å². The number of aromatic nitrogens is 1. The molecule has 0 amide bonds. The molecule has 0 unspecified atom stereocenters. The molecule has 4 rings (SSSR count). The number of carbonyl (C=O) groups excluding carboxylic acids is 1. The van der Waals surface area contributed by atoms with Crippen LogP contribution >= 0.6 is 0 Å². The second-order valence-corrected chi connectivity index (χ2v) is 7.48. The summed E-state index contributed by atoms with van der Waals surface area (Å²) in [5, 5.41) is 12.5. The molecule has 0 atom stereocenters. The van der Waals surface area contributed by atoms with Crippen LogP contribution in [-0.4, -0.2) is 36.3 Å². The standard InChI is InChI=1S/C26H24N2O3/c1-16-4-6-20(12-16)18-7-9-19(10-8-18)25-26(31-3)24(23(30)14-27-15-29)21-13-17(2)5-11-22(21)28-25/h4-13,27,29H,1,14-15H2,2-3H3. The second kappa shape index (κ2) is 8.68. The van der Waals surface area contributed by atoms with Gasteiger partial charge in [0.2, 0.25) is 0 Å². The summed E-state index contributed by atoms with van der Waals surface area (Å²) in [6.45, 7) is 5.66. The van der Waals surface area contributed by atoms with Crippen molar-refractivity contribution in [1.82, 2.24) is 10.3 Å². The van der Waals surface area contributed by atoms with Crippen molar-refractivity contribution in [2.45, 2.75) is 6.92 Å². The highest BCUT2D eigenvalue weighted by atomic mass is 16.5. The van der Waals surface area contributed by atoms with Gasteiger partial charge in [-0.05, 0) is 41.8 Å².